The van der Waals surface area contributed by atoms with E-state index < -0.39 is 6.29 Å². The van der Waals surface area contributed by atoms with Crippen LogP contribution in [-0.4, -0.2) is 55.5 Å². The zero-order valence-electron chi connectivity index (χ0n) is 19.4. The third-order valence-corrected chi connectivity index (χ3v) is 8.22. The molecule has 8 atom stereocenters. The van der Waals surface area contributed by atoms with Gasteiger partial charge in [0.2, 0.25) is 0 Å². The Morgan fingerprint density at radius 3 is 2.25 bits per heavy atom. The highest BCUT2D eigenvalue weighted by Crippen LogP contribution is 2.45. The monoisotopic (exact) mass is 450 g/mol. The van der Waals surface area contributed by atoms with Gasteiger partial charge in [-0.3, -0.25) is 0 Å². The van der Waals surface area contributed by atoms with Crippen LogP contribution in [0.2, 0.25) is 0 Å². The molecule has 0 spiro atoms. The fraction of sp³-hybridized carbons (Fsp3) is 0.923. The van der Waals surface area contributed by atoms with E-state index in [9.17, 15) is 5.11 Å². The Labute approximate surface area is 193 Å². The van der Waals surface area contributed by atoms with E-state index in [4.69, 9.17) is 23.7 Å². The van der Waals surface area contributed by atoms with Crippen LogP contribution in [0.5, 0.6) is 0 Å². The van der Waals surface area contributed by atoms with Gasteiger partial charge in [0.15, 0.2) is 18.9 Å². The van der Waals surface area contributed by atoms with Crippen LogP contribution in [0.15, 0.2) is 12.2 Å². The molecule has 0 amide bonds. The number of fused-ring (bicyclic) bond motifs is 1. The Morgan fingerprint density at radius 2 is 1.53 bits per heavy atom. The van der Waals surface area contributed by atoms with Crippen LogP contribution in [-0.2, 0) is 23.7 Å². The number of rotatable bonds is 7. The van der Waals surface area contributed by atoms with Gasteiger partial charge < -0.3 is 28.8 Å². The van der Waals surface area contributed by atoms with Crippen LogP contribution < -0.4 is 0 Å². The van der Waals surface area contributed by atoms with Crippen molar-refractivity contribution in [3.05, 3.63) is 12.2 Å². The zero-order chi connectivity index (χ0) is 21.8. The van der Waals surface area contributed by atoms with Crippen molar-refractivity contribution in [2.24, 2.45) is 17.8 Å². The van der Waals surface area contributed by atoms with Gasteiger partial charge in [0.1, 0.15) is 0 Å². The Hall–Kier alpha value is -0.500. The minimum Gasteiger partial charge on any atom is -0.368 e. The summed E-state index contributed by atoms with van der Waals surface area (Å²) in [5.74, 6) is 1.09. The van der Waals surface area contributed by atoms with Gasteiger partial charge in [-0.25, -0.2) is 0 Å². The maximum atomic E-state index is 10.1. The van der Waals surface area contributed by atoms with E-state index in [1.165, 1.54) is 44.9 Å². The minimum absolute atomic E-state index is 0.0731. The van der Waals surface area contributed by atoms with Gasteiger partial charge in [-0.15, -0.1) is 0 Å². The summed E-state index contributed by atoms with van der Waals surface area (Å²) in [5, 5.41) is 10.1. The van der Waals surface area contributed by atoms with E-state index in [2.05, 4.69) is 12.2 Å². The lowest BCUT2D eigenvalue weighted by Gasteiger charge is -2.33. The second kappa shape index (κ2) is 11.3. The average Bonchev–Trinajstić information content (AvgIpc) is 3.34. The van der Waals surface area contributed by atoms with Crippen LogP contribution in [0.4, 0.5) is 0 Å². The normalized spacial score (nSPS) is 42.3. The summed E-state index contributed by atoms with van der Waals surface area (Å²) in [4.78, 5) is 0. The van der Waals surface area contributed by atoms with Crippen LogP contribution in [0, 0.1) is 17.8 Å². The van der Waals surface area contributed by atoms with E-state index in [-0.39, 0.29) is 36.8 Å². The molecule has 182 valence electrons. The molecule has 0 aromatic carbocycles. The summed E-state index contributed by atoms with van der Waals surface area (Å²) in [5.41, 5.74) is 0. The number of hydrogen-bond donors (Lipinski definition) is 1. The SMILES string of the molecule is OC1C[C@@H]2[C@@H](/C=C/[C@@H](OC3CCCCO3)C3CCCCC3)[C@H](OC3CCCCO3)C[C@@H]2O1. The molecule has 5 rings (SSSR count). The molecule has 3 aliphatic heterocycles. The van der Waals surface area contributed by atoms with E-state index in [0.29, 0.717) is 18.3 Å². The Balaban J connectivity index is 1.29. The van der Waals surface area contributed by atoms with E-state index in [0.717, 1.165) is 45.3 Å². The quantitative estimate of drug-likeness (QED) is 0.568. The topological polar surface area (TPSA) is 66.4 Å². The maximum absolute atomic E-state index is 10.1. The first-order chi connectivity index (χ1) is 15.8. The smallest absolute Gasteiger partial charge is 0.158 e. The van der Waals surface area contributed by atoms with Gasteiger partial charge in [0.25, 0.3) is 0 Å². The van der Waals surface area contributed by atoms with Gasteiger partial charge in [0, 0.05) is 32.0 Å². The van der Waals surface area contributed by atoms with Crippen molar-refractivity contribution in [1.82, 2.24) is 0 Å². The van der Waals surface area contributed by atoms with Crippen molar-refractivity contribution in [3.63, 3.8) is 0 Å². The lowest BCUT2D eigenvalue weighted by atomic mass is 9.84. The van der Waals surface area contributed by atoms with Gasteiger partial charge in [-0.2, -0.15) is 0 Å². The Kier molecular flexibility index (Phi) is 8.20. The molecule has 0 aromatic heterocycles. The van der Waals surface area contributed by atoms with Crippen molar-refractivity contribution in [2.75, 3.05) is 13.2 Å². The summed E-state index contributed by atoms with van der Waals surface area (Å²) in [6.07, 6.45) is 18.6. The molecule has 2 saturated carbocycles. The highest BCUT2D eigenvalue weighted by molar-refractivity contribution is 5.08. The van der Waals surface area contributed by atoms with E-state index >= 15 is 0 Å². The number of ether oxygens (including phenoxy) is 5. The number of hydrogen-bond acceptors (Lipinski definition) is 6. The molecular weight excluding hydrogens is 408 g/mol. The van der Waals surface area contributed by atoms with Gasteiger partial charge in [-0.05, 0) is 63.2 Å². The van der Waals surface area contributed by atoms with Crippen molar-refractivity contribution >= 4 is 0 Å². The van der Waals surface area contributed by atoms with Crippen molar-refractivity contribution in [3.8, 4) is 0 Å². The lowest BCUT2D eigenvalue weighted by Crippen LogP contribution is -2.33. The molecule has 2 aliphatic carbocycles. The summed E-state index contributed by atoms with van der Waals surface area (Å²) in [6, 6.07) is 0. The average molecular weight is 451 g/mol. The van der Waals surface area contributed by atoms with Gasteiger partial charge in [-0.1, -0.05) is 31.4 Å². The van der Waals surface area contributed by atoms with Gasteiger partial charge in [0.05, 0.1) is 18.3 Å². The lowest BCUT2D eigenvalue weighted by molar-refractivity contribution is -0.197. The number of aliphatic hydroxyl groups is 1. The summed E-state index contributed by atoms with van der Waals surface area (Å²) >= 11 is 0. The predicted octanol–water partition coefficient (Wildman–Crippen LogP) is 4.69. The molecule has 0 bridgehead atoms. The van der Waals surface area contributed by atoms with Crippen LogP contribution >= 0.6 is 0 Å². The fourth-order valence-corrected chi connectivity index (χ4v) is 6.47. The van der Waals surface area contributed by atoms with Gasteiger partial charge >= 0.3 is 0 Å². The molecule has 6 nitrogen and oxygen atoms in total. The van der Waals surface area contributed by atoms with Crippen LogP contribution in [0.25, 0.3) is 0 Å². The molecule has 3 heterocycles. The first kappa shape index (κ1) is 23.3. The van der Waals surface area contributed by atoms with Crippen LogP contribution in [0.3, 0.4) is 0 Å². The third-order valence-electron chi connectivity index (χ3n) is 8.22. The van der Waals surface area contributed by atoms with E-state index in [1.807, 2.05) is 0 Å². The second-order valence-corrected chi connectivity index (χ2v) is 10.5. The van der Waals surface area contributed by atoms with Crippen molar-refractivity contribution < 1.29 is 28.8 Å². The summed E-state index contributed by atoms with van der Waals surface area (Å²) < 4.78 is 30.6. The minimum atomic E-state index is -0.645. The van der Waals surface area contributed by atoms with Crippen molar-refractivity contribution in [2.45, 2.75) is 121 Å². The van der Waals surface area contributed by atoms with Crippen LogP contribution in [0.1, 0.15) is 83.5 Å². The second-order valence-electron chi connectivity index (χ2n) is 10.5. The third kappa shape index (κ3) is 5.76. The molecule has 3 unspecified atom stereocenters. The zero-order valence-corrected chi connectivity index (χ0v) is 19.4. The molecule has 32 heavy (non-hydrogen) atoms. The molecule has 5 aliphatic rings. The molecule has 0 radical (unpaired) electrons. The molecule has 5 fully saturated rings. The highest BCUT2D eigenvalue weighted by atomic mass is 16.7. The largest absolute Gasteiger partial charge is 0.368 e. The fourth-order valence-electron chi connectivity index (χ4n) is 6.47. The summed E-state index contributed by atoms with van der Waals surface area (Å²) in [7, 11) is 0. The van der Waals surface area contributed by atoms with Crippen molar-refractivity contribution in [1.29, 1.82) is 0 Å². The standard InChI is InChI=1S/C26H42O6/c27-24-16-20-19(22(17-23(20)30-24)32-26-11-5-7-15-29-26)12-13-21(18-8-2-1-3-9-18)31-25-10-4-6-14-28-25/h12-13,18-27H,1-11,14-17H2/b13-12+/t19-,20-,21-,22-,23+,24?,25?,26?/m1/s1. The maximum Gasteiger partial charge on any atom is 0.158 e. The Morgan fingerprint density at radius 1 is 0.812 bits per heavy atom. The first-order valence-electron chi connectivity index (χ1n) is 13.3. The molecule has 6 heteroatoms. The molecule has 1 N–H and O–H groups in total. The molecule has 0 aromatic rings. The van der Waals surface area contributed by atoms with E-state index in [1.54, 1.807) is 0 Å². The Bertz CT molecular complexity index is 593. The first-order valence-corrected chi connectivity index (χ1v) is 13.3. The predicted molar refractivity (Wildman–Crippen MR) is 120 cm³/mol. The molecular formula is C26H42O6. The number of aliphatic hydroxyl groups excluding tert-OH is 1. The molecule has 3 saturated heterocycles. The highest BCUT2D eigenvalue weighted by Gasteiger charge is 2.49. The summed E-state index contributed by atoms with van der Waals surface area (Å²) in [6.45, 7) is 1.60.